The summed E-state index contributed by atoms with van der Waals surface area (Å²) in [6.45, 7) is 0. The lowest BCUT2D eigenvalue weighted by atomic mass is 10.1. The summed E-state index contributed by atoms with van der Waals surface area (Å²) in [6, 6.07) is 7.85. The number of hydrogen-bond acceptors (Lipinski definition) is 3. The zero-order valence-corrected chi connectivity index (χ0v) is 9.43. The molecule has 2 rings (SSSR count). The lowest BCUT2D eigenvalue weighted by Crippen LogP contribution is -1.90. The summed E-state index contributed by atoms with van der Waals surface area (Å²) in [5.74, 6) is 1.50. The van der Waals surface area contributed by atoms with Gasteiger partial charge in [-0.25, -0.2) is 0 Å². The van der Waals surface area contributed by atoms with Gasteiger partial charge in [-0.1, -0.05) is 6.07 Å². The van der Waals surface area contributed by atoms with Crippen LogP contribution in [0.4, 0.5) is 0 Å². The third-order valence-corrected chi connectivity index (χ3v) is 2.81. The van der Waals surface area contributed by atoms with E-state index in [-0.39, 0.29) is 0 Å². The van der Waals surface area contributed by atoms with Crippen molar-refractivity contribution in [1.29, 1.82) is 0 Å². The maximum absolute atomic E-state index is 5.24. The Morgan fingerprint density at radius 2 is 1.87 bits per heavy atom. The van der Waals surface area contributed by atoms with Crippen molar-refractivity contribution in [2.75, 3.05) is 14.2 Å². The van der Waals surface area contributed by atoms with Crippen LogP contribution < -0.4 is 9.47 Å². The van der Waals surface area contributed by atoms with Crippen LogP contribution in [-0.2, 0) is 0 Å². The molecule has 0 aliphatic rings. The molecular formula is C12H11O2S. The van der Waals surface area contributed by atoms with Gasteiger partial charge in [0.25, 0.3) is 0 Å². The lowest BCUT2D eigenvalue weighted by Gasteiger charge is -2.08. The predicted octanol–water partition coefficient (Wildman–Crippen LogP) is 3.23. The van der Waals surface area contributed by atoms with Gasteiger partial charge < -0.3 is 9.47 Å². The zero-order chi connectivity index (χ0) is 10.7. The Labute approximate surface area is 93.1 Å². The fourth-order valence-electron chi connectivity index (χ4n) is 1.40. The van der Waals surface area contributed by atoms with Gasteiger partial charge in [0.15, 0.2) is 11.5 Å². The van der Waals surface area contributed by atoms with Crippen LogP contribution in [0, 0.1) is 5.38 Å². The second-order valence-corrected chi connectivity index (χ2v) is 3.73. The molecule has 0 unspecified atom stereocenters. The van der Waals surface area contributed by atoms with Gasteiger partial charge in [-0.15, -0.1) is 11.3 Å². The molecule has 2 nitrogen and oxygen atoms in total. The molecule has 0 amide bonds. The summed E-state index contributed by atoms with van der Waals surface area (Å²) in [6.07, 6.45) is 0. The molecule has 1 aromatic heterocycles. The summed E-state index contributed by atoms with van der Waals surface area (Å²) >= 11 is 1.56. The van der Waals surface area contributed by atoms with Gasteiger partial charge in [0, 0.05) is 5.38 Å². The van der Waals surface area contributed by atoms with E-state index in [9.17, 15) is 0 Å². The molecule has 0 aliphatic heterocycles. The van der Waals surface area contributed by atoms with Crippen LogP contribution in [0.15, 0.2) is 29.6 Å². The number of hydrogen-bond donors (Lipinski definition) is 0. The minimum Gasteiger partial charge on any atom is -0.493 e. The van der Waals surface area contributed by atoms with Crippen molar-refractivity contribution in [3.8, 4) is 22.6 Å². The monoisotopic (exact) mass is 219 g/mol. The van der Waals surface area contributed by atoms with E-state index >= 15 is 0 Å². The van der Waals surface area contributed by atoms with Gasteiger partial charge in [-0.2, -0.15) is 0 Å². The molecule has 0 spiro atoms. The predicted molar refractivity (Wildman–Crippen MR) is 61.7 cm³/mol. The summed E-state index contributed by atoms with van der Waals surface area (Å²) < 4.78 is 10.4. The molecule has 3 heteroatoms. The average molecular weight is 219 g/mol. The van der Waals surface area contributed by atoms with Gasteiger partial charge in [0.2, 0.25) is 0 Å². The molecule has 1 heterocycles. The van der Waals surface area contributed by atoms with E-state index in [4.69, 9.17) is 9.47 Å². The van der Waals surface area contributed by atoms with Crippen LogP contribution in [0.5, 0.6) is 11.5 Å². The number of thiophene rings is 1. The standard InChI is InChI=1S/C12H11O2S/c1-13-11-4-3-9(7-12(11)14-2)10-5-6-15-8-10/h3-5,7-8H,1-2H3. The van der Waals surface area contributed by atoms with E-state index in [2.05, 4.69) is 10.8 Å². The SMILES string of the molecule is COc1ccc(-c2c[c]sc2)cc1OC. The lowest BCUT2D eigenvalue weighted by molar-refractivity contribution is 0.355. The second kappa shape index (κ2) is 4.36. The molecule has 1 radical (unpaired) electrons. The van der Waals surface area contributed by atoms with E-state index < -0.39 is 0 Å². The molecule has 1 aromatic carbocycles. The van der Waals surface area contributed by atoms with Gasteiger partial charge in [-0.05, 0) is 34.7 Å². The molecule has 0 N–H and O–H groups in total. The van der Waals surface area contributed by atoms with Crippen LogP contribution in [0.25, 0.3) is 11.1 Å². The van der Waals surface area contributed by atoms with E-state index in [0.29, 0.717) is 0 Å². The Balaban J connectivity index is 2.43. The van der Waals surface area contributed by atoms with Crippen molar-refractivity contribution in [3.63, 3.8) is 0 Å². The highest BCUT2D eigenvalue weighted by molar-refractivity contribution is 7.07. The molecule has 77 valence electrons. The highest BCUT2D eigenvalue weighted by Gasteiger charge is 2.05. The first-order valence-corrected chi connectivity index (χ1v) is 5.40. The van der Waals surface area contributed by atoms with Crippen molar-refractivity contribution in [3.05, 3.63) is 35.0 Å². The van der Waals surface area contributed by atoms with Crippen LogP contribution >= 0.6 is 11.3 Å². The highest BCUT2D eigenvalue weighted by Crippen LogP contribution is 2.32. The maximum atomic E-state index is 5.24. The topological polar surface area (TPSA) is 18.5 Å². The number of rotatable bonds is 3. The van der Waals surface area contributed by atoms with Gasteiger partial charge in [-0.3, -0.25) is 0 Å². The van der Waals surface area contributed by atoms with Crippen molar-refractivity contribution in [2.24, 2.45) is 0 Å². The first-order chi connectivity index (χ1) is 7.35. The Bertz CT molecular complexity index is 435. The van der Waals surface area contributed by atoms with Crippen LogP contribution in [0.3, 0.4) is 0 Å². The molecule has 0 saturated heterocycles. The Morgan fingerprint density at radius 3 is 2.47 bits per heavy atom. The molecule has 2 aromatic rings. The van der Waals surface area contributed by atoms with Gasteiger partial charge >= 0.3 is 0 Å². The van der Waals surface area contributed by atoms with Gasteiger partial charge in [0.05, 0.1) is 14.2 Å². The first kappa shape index (κ1) is 10.1. The fraction of sp³-hybridized carbons (Fsp3) is 0.167. The molecule has 0 atom stereocenters. The molecule has 0 aliphatic carbocycles. The molecule has 0 bridgehead atoms. The summed E-state index contributed by atoms with van der Waals surface area (Å²) in [5, 5.41) is 5.12. The van der Waals surface area contributed by atoms with Crippen LogP contribution in [0.1, 0.15) is 0 Å². The summed E-state index contributed by atoms with van der Waals surface area (Å²) in [4.78, 5) is 0. The van der Waals surface area contributed by atoms with E-state index in [0.717, 1.165) is 22.6 Å². The van der Waals surface area contributed by atoms with E-state index in [1.165, 1.54) is 0 Å². The minimum absolute atomic E-state index is 0.750. The summed E-state index contributed by atoms with van der Waals surface area (Å²) in [7, 11) is 3.28. The summed E-state index contributed by atoms with van der Waals surface area (Å²) in [5.41, 5.74) is 2.27. The Hall–Kier alpha value is -1.48. The molecule has 0 fully saturated rings. The average Bonchev–Trinajstić information content (AvgIpc) is 2.81. The number of benzene rings is 1. The molecule has 0 saturated carbocycles. The first-order valence-electron chi connectivity index (χ1n) is 4.52. The largest absolute Gasteiger partial charge is 0.493 e. The molecular weight excluding hydrogens is 208 g/mol. The zero-order valence-electron chi connectivity index (χ0n) is 8.61. The third kappa shape index (κ3) is 1.97. The van der Waals surface area contributed by atoms with Crippen LogP contribution in [0.2, 0.25) is 0 Å². The van der Waals surface area contributed by atoms with Crippen LogP contribution in [-0.4, -0.2) is 14.2 Å². The van der Waals surface area contributed by atoms with Crippen molar-refractivity contribution in [1.82, 2.24) is 0 Å². The smallest absolute Gasteiger partial charge is 0.161 e. The second-order valence-electron chi connectivity index (χ2n) is 3.02. The van der Waals surface area contributed by atoms with Crippen molar-refractivity contribution >= 4 is 11.3 Å². The minimum atomic E-state index is 0.750. The van der Waals surface area contributed by atoms with Crippen molar-refractivity contribution < 1.29 is 9.47 Å². The number of ether oxygens (including phenoxy) is 2. The quantitative estimate of drug-likeness (QED) is 0.789. The van der Waals surface area contributed by atoms with Crippen molar-refractivity contribution in [2.45, 2.75) is 0 Å². The Kier molecular flexibility index (Phi) is 2.92. The third-order valence-electron chi connectivity index (χ3n) is 2.19. The Morgan fingerprint density at radius 1 is 1.07 bits per heavy atom. The van der Waals surface area contributed by atoms with Gasteiger partial charge in [0.1, 0.15) is 0 Å². The molecule has 15 heavy (non-hydrogen) atoms. The van der Waals surface area contributed by atoms with E-state index in [1.807, 2.05) is 24.3 Å². The van der Waals surface area contributed by atoms with E-state index in [1.54, 1.807) is 25.6 Å². The normalized spacial score (nSPS) is 10.0. The fourth-order valence-corrected chi connectivity index (χ4v) is 1.99. The number of methoxy groups -OCH3 is 2. The maximum Gasteiger partial charge on any atom is 0.161 e. The highest BCUT2D eigenvalue weighted by atomic mass is 32.1.